The predicted octanol–water partition coefficient (Wildman–Crippen LogP) is 1.87. The molecule has 1 aromatic carbocycles. The predicted molar refractivity (Wildman–Crippen MR) is 74.9 cm³/mol. The van der Waals surface area contributed by atoms with Crippen LogP contribution in [0.2, 0.25) is 0 Å². The molecule has 86 valence electrons. The standard InChI is InChI=1S/C12H16N2S2/c13-12(15)11-3-1-10(2-4-11)9-14-5-7-16-8-6-14/h1-4H,5-9H2,(H2,13,15). The van der Waals surface area contributed by atoms with E-state index in [1.54, 1.807) is 0 Å². The van der Waals surface area contributed by atoms with E-state index < -0.39 is 0 Å². The molecule has 16 heavy (non-hydrogen) atoms. The van der Waals surface area contributed by atoms with E-state index in [0.29, 0.717) is 4.99 Å². The minimum Gasteiger partial charge on any atom is -0.389 e. The van der Waals surface area contributed by atoms with Crippen molar-refractivity contribution >= 4 is 29.0 Å². The Balaban J connectivity index is 1.96. The molecule has 2 rings (SSSR count). The Bertz CT molecular complexity index is 356. The highest BCUT2D eigenvalue weighted by molar-refractivity contribution is 7.99. The first kappa shape index (κ1) is 11.9. The van der Waals surface area contributed by atoms with Crippen LogP contribution in [0.15, 0.2) is 24.3 Å². The fourth-order valence-electron chi connectivity index (χ4n) is 1.79. The molecule has 0 spiro atoms. The summed E-state index contributed by atoms with van der Waals surface area (Å²) < 4.78 is 0. The van der Waals surface area contributed by atoms with Crippen molar-refractivity contribution in [1.82, 2.24) is 4.90 Å². The van der Waals surface area contributed by atoms with Gasteiger partial charge in [0.1, 0.15) is 4.99 Å². The van der Waals surface area contributed by atoms with E-state index in [2.05, 4.69) is 17.0 Å². The van der Waals surface area contributed by atoms with Gasteiger partial charge in [-0.25, -0.2) is 0 Å². The zero-order valence-corrected chi connectivity index (χ0v) is 10.8. The van der Waals surface area contributed by atoms with Crippen LogP contribution in [0.3, 0.4) is 0 Å². The fraction of sp³-hybridized carbons (Fsp3) is 0.417. The van der Waals surface area contributed by atoms with Crippen molar-refractivity contribution in [1.29, 1.82) is 0 Å². The minimum absolute atomic E-state index is 0.473. The third kappa shape index (κ3) is 3.20. The Morgan fingerprint density at radius 2 is 1.88 bits per heavy atom. The zero-order valence-electron chi connectivity index (χ0n) is 9.19. The molecule has 1 aromatic rings. The SMILES string of the molecule is NC(=S)c1ccc(CN2CCSCC2)cc1. The molecule has 0 aliphatic carbocycles. The lowest BCUT2D eigenvalue weighted by Crippen LogP contribution is -2.31. The normalized spacial score (nSPS) is 17.2. The molecular formula is C12H16N2S2. The molecule has 0 bridgehead atoms. The number of rotatable bonds is 3. The molecule has 1 aliphatic heterocycles. The van der Waals surface area contributed by atoms with Gasteiger partial charge in [0, 0.05) is 36.7 Å². The third-order valence-corrected chi connectivity index (χ3v) is 3.93. The summed E-state index contributed by atoms with van der Waals surface area (Å²) in [7, 11) is 0. The summed E-state index contributed by atoms with van der Waals surface area (Å²) in [5.74, 6) is 2.51. The average Bonchev–Trinajstić information content (AvgIpc) is 2.31. The molecular weight excluding hydrogens is 236 g/mol. The Morgan fingerprint density at radius 1 is 1.25 bits per heavy atom. The van der Waals surface area contributed by atoms with Crippen molar-refractivity contribution in [2.75, 3.05) is 24.6 Å². The van der Waals surface area contributed by atoms with Crippen molar-refractivity contribution in [2.45, 2.75) is 6.54 Å². The Kier molecular flexibility index (Phi) is 4.21. The minimum atomic E-state index is 0.473. The van der Waals surface area contributed by atoms with Gasteiger partial charge in [0.15, 0.2) is 0 Å². The number of benzene rings is 1. The maximum absolute atomic E-state index is 5.57. The molecule has 0 atom stereocenters. The van der Waals surface area contributed by atoms with Crippen LogP contribution in [0, 0.1) is 0 Å². The molecule has 1 aliphatic rings. The molecule has 0 amide bonds. The average molecular weight is 252 g/mol. The van der Waals surface area contributed by atoms with Crippen molar-refractivity contribution in [3.63, 3.8) is 0 Å². The molecule has 1 heterocycles. The highest BCUT2D eigenvalue weighted by Crippen LogP contribution is 2.13. The van der Waals surface area contributed by atoms with Crippen molar-refractivity contribution < 1.29 is 0 Å². The van der Waals surface area contributed by atoms with Gasteiger partial charge in [0.2, 0.25) is 0 Å². The van der Waals surface area contributed by atoms with E-state index in [1.807, 2.05) is 23.9 Å². The first-order chi connectivity index (χ1) is 7.75. The Morgan fingerprint density at radius 3 is 2.44 bits per heavy atom. The van der Waals surface area contributed by atoms with Gasteiger partial charge in [-0.15, -0.1) is 0 Å². The third-order valence-electron chi connectivity index (χ3n) is 2.75. The van der Waals surface area contributed by atoms with E-state index in [4.69, 9.17) is 18.0 Å². The summed E-state index contributed by atoms with van der Waals surface area (Å²) in [6.07, 6.45) is 0. The molecule has 0 unspecified atom stereocenters. The lowest BCUT2D eigenvalue weighted by molar-refractivity contribution is 0.294. The fourth-order valence-corrected chi connectivity index (χ4v) is 2.91. The molecule has 0 saturated carbocycles. The summed E-state index contributed by atoms with van der Waals surface area (Å²) in [6, 6.07) is 8.26. The van der Waals surface area contributed by atoms with Gasteiger partial charge in [0.25, 0.3) is 0 Å². The molecule has 0 aromatic heterocycles. The van der Waals surface area contributed by atoms with Crippen LogP contribution in [0.5, 0.6) is 0 Å². The Labute approximate surface area is 106 Å². The lowest BCUT2D eigenvalue weighted by atomic mass is 10.1. The van der Waals surface area contributed by atoms with E-state index in [-0.39, 0.29) is 0 Å². The molecule has 2 nitrogen and oxygen atoms in total. The second kappa shape index (κ2) is 5.66. The maximum atomic E-state index is 5.57. The van der Waals surface area contributed by atoms with Gasteiger partial charge in [0.05, 0.1) is 0 Å². The first-order valence-corrected chi connectivity index (χ1v) is 7.01. The summed E-state index contributed by atoms with van der Waals surface area (Å²) in [5, 5.41) is 0. The van der Waals surface area contributed by atoms with Crippen LogP contribution in [0.25, 0.3) is 0 Å². The highest BCUT2D eigenvalue weighted by Gasteiger charge is 2.10. The van der Waals surface area contributed by atoms with Crippen LogP contribution in [-0.2, 0) is 6.54 Å². The number of nitrogens with zero attached hydrogens (tertiary/aromatic N) is 1. The molecule has 4 heteroatoms. The number of nitrogens with two attached hydrogens (primary N) is 1. The van der Waals surface area contributed by atoms with Gasteiger partial charge in [-0.1, -0.05) is 36.5 Å². The molecule has 1 saturated heterocycles. The Hall–Kier alpha value is -0.580. The second-order valence-electron chi connectivity index (χ2n) is 3.95. The molecule has 1 fully saturated rings. The van der Waals surface area contributed by atoms with Crippen molar-refractivity contribution in [3.05, 3.63) is 35.4 Å². The summed E-state index contributed by atoms with van der Waals surface area (Å²) >= 11 is 6.97. The van der Waals surface area contributed by atoms with Crippen LogP contribution in [0.4, 0.5) is 0 Å². The van der Waals surface area contributed by atoms with E-state index in [0.717, 1.165) is 12.1 Å². The van der Waals surface area contributed by atoms with Gasteiger partial charge in [-0.2, -0.15) is 11.8 Å². The summed E-state index contributed by atoms with van der Waals surface area (Å²) in [5.41, 5.74) is 7.86. The molecule has 2 N–H and O–H groups in total. The van der Waals surface area contributed by atoms with Crippen molar-refractivity contribution in [2.24, 2.45) is 5.73 Å². The van der Waals surface area contributed by atoms with Gasteiger partial charge >= 0.3 is 0 Å². The van der Waals surface area contributed by atoms with Crippen LogP contribution in [0.1, 0.15) is 11.1 Å². The van der Waals surface area contributed by atoms with Gasteiger partial charge < -0.3 is 5.73 Å². The second-order valence-corrected chi connectivity index (χ2v) is 5.61. The maximum Gasteiger partial charge on any atom is 0.103 e. The van der Waals surface area contributed by atoms with E-state index in [1.165, 1.54) is 30.2 Å². The summed E-state index contributed by atoms with van der Waals surface area (Å²) in [4.78, 5) is 2.97. The molecule has 0 radical (unpaired) electrons. The monoisotopic (exact) mass is 252 g/mol. The zero-order chi connectivity index (χ0) is 11.4. The van der Waals surface area contributed by atoms with Crippen LogP contribution >= 0.6 is 24.0 Å². The largest absolute Gasteiger partial charge is 0.389 e. The van der Waals surface area contributed by atoms with E-state index in [9.17, 15) is 0 Å². The van der Waals surface area contributed by atoms with Crippen LogP contribution in [-0.4, -0.2) is 34.5 Å². The van der Waals surface area contributed by atoms with Crippen molar-refractivity contribution in [3.8, 4) is 0 Å². The smallest absolute Gasteiger partial charge is 0.103 e. The number of thiocarbonyl (C=S) groups is 1. The number of hydrogen-bond acceptors (Lipinski definition) is 3. The van der Waals surface area contributed by atoms with E-state index >= 15 is 0 Å². The lowest BCUT2D eigenvalue weighted by Gasteiger charge is -2.26. The number of thioether (sulfide) groups is 1. The van der Waals surface area contributed by atoms with Gasteiger partial charge in [-0.05, 0) is 5.56 Å². The van der Waals surface area contributed by atoms with Gasteiger partial charge in [-0.3, -0.25) is 4.90 Å². The quantitative estimate of drug-likeness (QED) is 0.832. The summed E-state index contributed by atoms with van der Waals surface area (Å²) in [6.45, 7) is 3.43. The first-order valence-electron chi connectivity index (χ1n) is 5.44. The highest BCUT2D eigenvalue weighted by atomic mass is 32.2. The van der Waals surface area contributed by atoms with Crippen LogP contribution < -0.4 is 5.73 Å². The topological polar surface area (TPSA) is 29.3 Å². The number of hydrogen-bond donors (Lipinski definition) is 1.